The number of carbonyl (C=O) groups excluding carboxylic acids is 1. The number of allylic oxidation sites excluding steroid dienone is 2. The van der Waals surface area contributed by atoms with Crippen LogP contribution in [0.25, 0.3) is 43.7 Å². The standard InChI is InChI=1S/C24H17N2.C13H24O2.Ir/c1-15-11-16(2)13-18(12-15)23-22-10-9-20-19-6-4-3-5-17(19)7-8-21(20)24(22)26-14-25-23;1-7-12(3,4)10(14)9-11(15)13(5,6)8-2;/h3-12,14H,1-2H3;9,14H,7-8H2,1-6H3;/q-1;;/b;10-9-;. The van der Waals surface area contributed by atoms with Crippen LogP contribution in [0.3, 0.4) is 0 Å². The van der Waals surface area contributed by atoms with Gasteiger partial charge in [0.05, 0.1) is 5.52 Å². The average Bonchev–Trinajstić information content (AvgIpc) is 2.96. The quantitative estimate of drug-likeness (QED) is 0.0816. The molecule has 0 aliphatic carbocycles. The molecule has 221 valence electrons. The predicted octanol–water partition coefficient (Wildman–Crippen LogP) is 9.89. The zero-order chi connectivity index (χ0) is 29.9. The number of aliphatic hydroxyl groups excluding tert-OH is 1. The fourth-order valence-electron chi connectivity index (χ4n) is 4.72. The van der Waals surface area contributed by atoms with Gasteiger partial charge in [0.15, 0.2) is 5.78 Å². The van der Waals surface area contributed by atoms with Gasteiger partial charge in [-0.3, -0.25) is 9.78 Å². The van der Waals surface area contributed by atoms with E-state index in [4.69, 9.17) is 0 Å². The maximum absolute atomic E-state index is 11.8. The zero-order valence-electron chi connectivity index (χ0n) is 25.9. The summed E-state index contributed by atoms with van der Waals surface area (Å²) in [5.41, 5.74) is 4.61. The topological polar surface area (TPSA) is 63.1 Å². The summed E-state index contributed by atoms with van der Waals surface area (Å²) in [6.07, 6.45) is 4.65. The summed E-state index contributed by atoms with van der Waals surface area (Å²) >= 11 is 0. The van der Waals surface area contributed by atoms with Crippen molar-refractivity contribution in [1.29, 1.82) is 0 Å². The van der Waals surface area contributed by atoms with Crippen molar-refractivity contribution < 1.29 is 30.0 Å². The molecule has 1 N–H and O–H groups in total. The van der Waals surface area contributed by atoms with Crippen LogP contribution in [0.1, 0.15) is 65.5 Å². The van der Waals surface area contributed by atoms with E-state index in [2.05, 4.69) is 90.5 Å². The molecule has 5 heteroatoms. The van der Waals surface area contributed by atoms with Crippen LogP contribution in [0.15, 0.2) is 78.8 Å². The van der Waals surface area contributed by atoms with Crippen LogP contribution >= 0.6 is 0 Å². The Balaban J connectivity index is 0.000000263. The number of carbonyl (C=O) groups is 1. The Morgan fingerprint density at radius 1 is 0.833 bits per heavy atom. The van der Waals surface area contributed by atoms with E-state index in [-0.39, 0.29) is 42.5 Å². The fourth-order valence-corrected chi connectivity index (χ4v) is 4.72. The second-order valence-electron chi connectivity index (χ2n) is 12.2. The zero-order valence-corrected chi connectivity index (χ0v) is 28.3. The molecule has 5 aromatic rings. The van der Waals surface area contributed by atoms with Gasteiger partial charge >= 0.3 is 0 Å². The number of hydrogen-bond acceptors (Lipinski definition) is 4. The molecule has 0 saturated carbocycles. The molecule has 0 saturated heterocycles. The van der Waals surface area contributed by atoms with E-state index < -0.39 is 0 Å². The van der Waals surface area contributed by atoms with Crippen LogP contribution in [0.5, 0.6) is 0 Å². The second kappa shape index (κ2) is 13.3. The average molecular weight is 738 g/mol. The number of hydrogen-bond donors (Lipinski definition) is 1. The molecule has 0 aliphatic rings. The summed E-state index contributed by atoms with van der Waals surface area (Å²) in [7, 11) is 0. The third kappa shape index (κ3) is 6.97. The minimum atomic E-state index is -0.377. The Hall–Kier alpha value is -3.40. The van der Waals surface area contributed by atoms with E-state index in [0.29, 0.717) is 0 Å². The van der Waals surface area contributed by atoms with Gasteiger partial charge in [0, 0.05) is 42.4 Å². The number of aromatic nitrogens is 2. The minimum Gasteiger partial charge on any atom is -0.512 e. The maximum atomic E-state index is 11.8. The van der Waals surface area contributed by atoms with Gasteiger partial charge in [-0.2, -0.15) is 0 Å². The van der Waals surface area contributed by atoms with Gasteiger partial charge in [-0.1, -0.05) is 104 Å². The molecule has 0 amide bonds. The number of nitrogens with zero attached hydrogens (tertiary/aromatic N) is 2. The number of aryl methyl sites for hydroxylation is 2. The smallest absolute Gasteiger partial charge is 0.164 e. The van der Waals surface area contributed by atoms with Crippen molar-refractivity contribution in [3.63, 3.8) is 0 Å². The Morgan fingerprint density at radius 2 is 1.48 bits per heavy atom. The molecule has 4 aromatic carbocycles. The molecule has 0 spiro atoms. The van der Waals surface area contributed by atoms with Crippen LogP contribution in [0.4, 0.5) is 0 Å². The van der Waals surface area contributed by atoms with E-state index in [9.17, 15) is 9.90 Å². The summed E-state index contributed by atoms with van der Waals surface area (Å²) in [5.74, 6) is 0.195. The monoisotopic (exact) mass is 738 g/mol. The van der Waals surface area contributed by atoms with Crippen LogP contribution < -0.4 is 0 Å². The molecule has 0 bridgehead atoms. The molecular weight excluding hydrogens is 697 g/mol. The van der Waals surface area contributed by atoms with Crippen molar-refractivity contribution in [3.05, 3.63) is 96.0 Å². The van der Waals surface area contributed by atoms with Gasteiger partial charge in [-0.05, 0) is 40.1 Å². The number of aliphatic hydroxyl groups is 1. The number of rotatable bonds is 6. The molecule has 0 aliphatic heterocycles. The van der Waals surface area contributed by atoms with Crippen molar-refractivity contribution in [3.8, 4) is 11.3 Å². The summed E-state index contributed by atoms with van der Waals surface area (Å²) in [6, 6.07) is 24.9. The first-order valence-corrected chi connectivity index (χ1v) is 14.4. The fraction of sp³-hybridized carbons (Fsp3) is 0.324. The Labute approximate surface area is 263 Å². The first-order chi connectivity index (χ1) is 19.4. The van der Waals surface area contributed by atoms with Gasteiger partial charge in [-0.25, -0.2) is 4.98 Å². The molecule has 1 heterocycles. The Kier molecular flexibility index (Phi) is 10.5. The first-order valence-electron chi connectivity index (χ1n) is 14.4. The second-order valence-corrected chi connectivity index (χ2v) is 12.2. The van der Waals surface area contributed by atoms with Crippen molar-refractivity contribution in [2.75, 3.05) is 0 Å². The Morgan fingerprint density at radius 3 is 2.14 bits per heavy atom. The van der Waals surface area contributed by atoms with Crippen LogP contribution in [-0.2, 0) is 24.9 Å². The number of benzene rings is 4. The molecule has 0 atom stereocenters. The molecule has 4 nitrogen and oxygen atoms in total. The summed E-state index contributed by atoms with van der Waals surface area (Å²) in [6.45, 7) is 15.8. The molecule has 1 radical (unpaired) electrons. The van der Waals surface area contributed by atoms with Crippen molar-refractivity contribution in [2.24, 2.45) is 10.8 Å². The molecular formula is C37H41IrN2O2-. The normalized spacial score (nSPS) is 12.1. The van der Waals surface area contributed by atoms with E-state index in [1.807, 2.05) is 41.5 Å². The van der Waals surface area contributed by atoms with E-state index in [0.717, 1.165) is 46.0 Å². The molecule has 0 fully saturated rings. The summed E-state index contributed by atoms with van der Waals surface area (Å²) in [5, 5.41) is 15.8. The predicted molar refractivity (Wildman–Crippen MR) is 172 cm³/mol. The van der Waals surface area contributed by atoms with Gasteiger partial charge in [0.2, 0.25) is 0 Å². The molecule has 5 rings (SSSR count). The summed E-state index contributed by atoms with van der Waals surface area (Å²) < 4.78 is 0. The van der Waals surface area contributed by atoms with Gasteiger partial charge in [0.1, 0.15) is 12.1 Å². The largest absolute Gasteiger partial charge is 0.512 e. The minimum absolute atomic E-state index is 0. The molecule has 0 unspecified atom stereocenters. The maximum Gasteiger partial charge on any atom is 0.164 e. The van der Waals surface area contributed by atoms with Crippen LogP contribution in [-0.4, -0.2) is 20.9 Å². The van der Waals surface area contributed by atoms with Gasteiger partial charge < -0.3 is 5.11 Å². The van der Waals surface area contributed by atoms with Gasteiger partial charge in [-0.15, -0.1) is 34.9 Å². The van der Waals surface area contributed by atoms with E-state index in [1.54, 1.807) is 6.33 Å². The van der Waals surface area contributed by atoms with Crippen LogP contribution in [0.2, 0.25) is 0 Å². The first kappa shape index (κ1) is 33.1. The van der Waals surface area contributed by atoms with Crippen molar-refractivity contribution in [1.82, 2.24) is 9.97 Å². The van der Waals surface area contributed by atoms with Crippen LogP contribution in [0, 0.1) is 30.7 Å². The number of fused-ring (bicyclic) bond motifs is 5. The summed E-state index contributed by atoms with van der Waals surface area (Å²) in [4.78, 5) is 21.0. The molecule has 1 aromatic heterocycles. The molecule has 42 heavy (non-hydrogen) atoms. The third-order valence-corrected chi connectivity index (χ3v) is 8.33. The van der Waals surface area contributed by atoms with Crippen molar-refractivity contribution >= 4 is 38.2 Å². The SMILES string of the molecule is CCC(C)(C)C(=O)/C=C(\O)C(C)(C)CC.Cc1[c-]c(-c2ncnc3c2ccc2c4ccccc4ccc23)cc(C)c1.[Ir]. The third-order valence-electron chi connectivity index (χ3n) is 8.33. The number of ketones is 1. The van der Waals surface area contributed by atoms with Gasteiger partial charge in [0.25, 0.3) is 0 Å². The van der Waals surface area contributed by atoms with Crippen molar-refractivity contribution in [2.45, 2.75) is 68.2 Å². The van der Waals surface area contributed by atoms with E-state index in [1.165, 1.54) is 27.8 Å². The Bertz CT molecular complexity index is 1750. The van der Waals surface area contributed by atoms with E-state index >= 15 is 0 Å².